The van der Waals surface area contributed by atoms with Gasteiger partial charge in [-0.3, -0.25) is 14.3 Å². The molecule has 2 fully saturated rings. The summed E-state index contributed by atoms with van der Waals surface area (Å²) < 4.78 is 2.07. The van der Waals surface area contributed by atoms with Crippen LogP contribution in [0.4, 0.5) is 0 Å². The van der Waals surface area contributed by atoms with E-state index < -0.39 is 5.54 Å². The van der Waals surface area contributed by atoms with E-state index in [0.717, 1.165) is 68.4 Å². The largest absolute Gasteiger partial charge is 0.326 e. The molecule has 0 spiro atoms. The van der Waals surface area contributed by atoms with E-state index in [1.165, 1.54) is 24.6 Å². The van der Waals surface area contributed by atoms with Gasteiger partial charge < -0.3 is 4.90 Å². The molecular formula is C23H30N6OS. The summed E-state index contributed by atoms with van der Waals surface area (Å²) in [5.41, 5.74) is 0.343. The summed E-state index contributed by atoms with van der Waals surface area (Å²) in [5.74, 6) is 1.11. The average Bonchev–Trinajstić information content (AvgIpc) is 3.48. The molecule has 0 bridgehead atoms. The lowest BCUT2D eigenvalue weighted by atomic mass is 9.81. The van der Waals surface area contributed by atoms with Crippen LogP contribution in [0.1, 0.15) is 50.8 Å². The second kappa shape index (κ2) is 9.84. The molecule has 2 aromatic rings. The van der Waals surface area contributed by atoms with Crippen LogP contribution < -0.4 is 0 Å². The zero-order valence-electron chi connectivity index (χ0n) is 18.2. The number of nitriles is 1. The molecule has 1 aromatic carbocycles. The molecule has 1 saturated heterocycles. The number of amides is 1. The van der Waals surface area contributed by atoms with E-state index in [-0.39, 0.29) is 11.7 Å². The highest BCUT2D eigenvalue weighted by Gasteiger charge is 2.38. The van der Waals surface area contributed by atoms with Crippen LogP contribution in [0.25, 0.3) is 5.69 Å². The molecule has 1 aliphatic carbocycles. The first-order valence-electron chi connectivity index (χ1n) is 11.2. The quantitative estimate of drug-likeness (QED) is 0.614. The first-order valence-corrected chi connectivity index (χ1v) is 12.1. The maximum absolute atomic E-state index is 13.0. The monoisotopic (exact) mass is 438 g/mol. The summed E-state index contributed by atoms with van der Waals surface area (Å²) in [6.07, 6.45) is 7.11. The SMILES string of the molecule is CN(C(=O)CSc1nnc(CN2CCCC2)n1-c1ccccc1)C1(C#N)CCCCC1. The smallest absolute Gasteiger partial charge is 0.234 e. The lowest BCUT2D eigenvalue weighted by Gasteiger charge is -2.39. The lowest BCUT2D eigenvalue weighted by Crippen LogP contribution is -2.50. The number of carbonyl (C=O) groups is 1. The van der Waals surface area contributed by atoms with Crippen molar-refractivity contribution in [1.82, 2.24) is 24.6 Å². The van der Waals surface area contributed by atoms with Gasteiger partial charge in [-0.15, -0.1) is 10.2 Å². The first-order chi connectivity index (χ1) is 15.1. The number of para-hydroxylation sites is 1. The van der Waals surface area contributed by atoms with Gasteiger partial charge >= 0.3 is 0 Å². The van der Waals surface area contributed by atoms with Crippen molar-refractivity contribution in [3.8, 4) is 11.8 Å². The molecule has 31 heavy (non-hydrogen) atoms. The van der Waals surface area contributed by atoms with E-state index in [1.54, 1.807) is 11.9 Å². The molecule has 0 unspecified atom stereocenters. The highest BCUT2D eigenvalue weighted by Crippen LogP contribution is 2.33. The Hall–Kier alpha value is -2.37. The number of thioether (sulfide) groups is 1. The zero-order chi connectivity index (χ0) is 21.7. The Labute approximate surface area is 188 Å². The van der Waals surface area contributed by atoms with E-state index >= 15 is 0 Å². The van der Waals surface area contributed by atoms with Crippen molar-refractivity contribution in [1.29, 1.82) is 5.26 Å². The van der Waals surface area contributed by atoms with Gasteiger partial charge in [0.15, 0.2) is 11.0 Å². The van der Waals surface area contributed by atoms with Gasteiger partial charge in [-0.25, -0.2) is 0 Å². The van der Waals surface area contributed by atoms with Crippen LogP contribution >= 0.6 is 11.8 Å². The average molecular weight is 439 g/mol. The van der Waals surface area contributed by atoms with Gasteiger partial charge in [0.25, 0.3) is 0 Å². The van der Waals surface area contributed by atoms with Crippen molar-refractivity contribution in [3.05, 3.63) is 36.2 Å². The fraction of sp³-hybridized carbons (Fsp3) is 0.565. The fourth-order valence-corrected chi connectivity index (χ4v) is 5.48. The van der Waals surface area contributed by atoms with Crippen molar-refractivity contribution in [3.63, 3.8) is 0 Å². The fourth-order valence-electron chi connectivity index (χ4n) is 4.59. The third kappa shape index (κ3) is 4.78. The van der Waals surface area contributed by atoms with Crippen molar-refractivity contribution in [2.24, 2.45) is 0 Å². The Morgan fingerprint density at radius 1 is 1.13 bits per heavy atom. The number of rotatable bonds is 7. The van der Waals surface area contributed by atoms with Crippen LogP contribution in [0.15, 0.2) is 35.5 Å². The molecule has 2 aliphatic rings. The van der Waals surface area contributed by atoms with E-state index in [1.807, 2.05) is 30.3 Å². The molecule has 1 aromatic heterocycles. The number of aromatic nitrogens is 3. The summed E-state index contributed by atoms with van der Waals surface area (Å²) in [6.45, 7) is 2.93. The molecule has 8 heteroatoms. The molecule has 164 valence electrons. The van der Waals surface area contributed by atoms with Crippen LogP contribution in [0.2, 0.25) is 0 Å². The van der Waals surface area contributed by atoms with Gasteiger partial charge in [-0.05, 0) is 50.9 Å². The molecule has 0 radical (unpaired) electrons. The summed E-state index contributed by atoms with van der Waals surface area (Å²) in [5, 5.41) is 19.4. The van der Waals surface area contributed by atoms with Gasteiger partial charge in [0.2, 0.25) is 5.91 Å². The van der Waals surface area contributed by atoms with Crippen molar-refractivity contribution < 1.29 is 4.79 Å². The van der Waals surface area contributed by atoms with Gasteiger partial charge in [-0.1, -0.05) is 49.2 Å². The van der Waals surface area contributed by atoms with Gasteiger partial charge in [0, 0.05) is 12.7 Å². The number of nitrogens with zero attached hydrogens (tertiary/aromatic N) is 6. The van der Waals surface area contributed by atoms with Gasteiger partial charge in [-0.2, -0.15) is 5.26 Å². The minimum Gasteiger partial charge on any atom is -0.326 e. The third-order valence-electron chi connectivity index (χ3n) is 6.51. The molecule has 2 heterocycles. The van der Waals surface area contributed by atoms with Crippen LogP contribution in [0.3, 0.4) is 0 Å². The third-order valence-corrected chi connectivity index (χ3v) is 7.42. The first kappa shape index (κ1) is 21.8. The standard InChI is InChI=1S/C23H30N6OS/c1-27(23(18-24)12-6-3-7-13-23)21(30)17-31-22-26-25-20(16-28-14-8-9-15-28)29(22)19-10-4-2-5-11-19/h2,4-5,10-11H,3,6-9,12-17H2,1H3. The Balaban J connectivity index is 1.50. The molecule has 1 saturated carbocycles. The van der Waals surface area contributed by atoms with E-state index in [4.69, 9.17) is 0 Å². The molecule has 1 aliphatic heterocycles. The molecule has 0 atom stereocenters. The molecule has 0 N–H and O–H groups in total. The van der Waals surface area contributed by atoms with E-state index in [0.29, 0.717) is 0 Å². The number of hydrogen-bond donors (Lipinski definition) is 0. The summed E-state index contributed by atoms with van der Waals surface area (Å²) >= 11 is 1.40. The number of hydrogen-bond acceptors (Lipinski definition) is 6. The lowest BCUT2D eigenvalue weighted by molar-refractivity contribution is -0.131. The Kier molecular flexibility index (Phi) is 6.93. The van der Waals surface area contributed by atoms with E-state index in [9.17, 15) is 10.1 Å². The maximum atomic E-state index is 13.0. The van der Waals surface area contributed by atoms with Gasteiger partial charge in [0.05, 0.1) is 18.4 Å². The maximum Gasteiger partial charge on any atom is 0.234 e. The van der Waals surface area contributed by atoms with Crippen LogP contribution in [0, 0.1) is 11.3 Å². The number of likely N-dealkylation sites (tertiary alicyclic amines) is 1. The van der Waals surface area contributed by atoms with Crippen molar-refractivity contribution in [2.75, 3.05) is 25.9 Å². The summed E-state index contributed by atoms with van der Waals surface area (Å²) in [7, 11) is 1.78. The molecule has 1 amide bonds. The van der Waals surface area contributed by atoms with Gasteiger partial charge in [0.1, 0.15) is 5.54 Å². The number of carbonyl (C=O) groups excluding carboxylic acids is 1. The van der Waals surface area contributed by atoms with Crippen LogP contribution in [-0.4, -0.2) is 61.9 Å². The van der Waals surface area contributed by atoms with Crippen LogP contribution in [-0.2, 0) is 11.3 Å². The predicted molar refractivity (Wildman–Crippen MR) is 121 cm³/mol. The predicted octanol–water partition coefficient (Wildman–Crippen LogP) is 3.64. The minimum absolute atomic E-state index is 0.0304. The summed E-state index contributed by atoms with van der Waals surface area (Å²) in [6, 6.07) is 12.5. The van der Waals surface area contributed by atoms with Crippen molar-refractivity contribution in [2.45, 2.75) is 62.2 Å². The summed E-state index contributed by atoms with van der Waals surface area (Å²) in [4.78, 5) is 17.1. The van der Waals surface area contributed by atoms with E-state index in [2.05, 4.69) is 25.7 Å². The van der Waals surface area contributed by atoms with Crippen molar-refractivity contribution >= 4 is 17.7 Å². The topological polar surface area (TPSA) is 78.1 Å². The highest BCUT2D eigenvalue weighted by atomic mass is 32.2. The second-order valence-corrected chi connectivity index (χ2v) is 9.44. The highest BCUT2D eigenvalue weighted by molar-refractivity contribution is 7.99. The normalized spacial score (nSPS) is 18.6. The second-order valence-electron chi connectivity index (χ2n) is 8.50. The Morgan fingerprint density at radius 3 is 2.52 bits per heavy atom. The minimum atomic E-state index is -0.663. The Morgan fingerprint density at radius 2 is 1.84 bits per heavy atom. The zero-order valence-corrected chi connectivity index (χ0v) is 19.0. The molecular weight excluding hydrogens is 408 g/mol. The molecule has 7 nitrogen and oxygen atoms in total. The van der Waals surface area contributed by atoms with Crippen LogP contribution in [0.5, 0.6) is 0 Å². The Bertz CT molecular complexity index is 925. The number of benzene rings is 1. The molecule has 4 rings (SSSR count).